The third kappa shape index (κ3) is 1.04. The summed E-state index contributed by atoms with van der Waals surface area (Å²) in [6, 6.07) is 0.0254. The van der Waals surface area contributed by atoms with Crippen molar-refractivity contribution in [1.29, 1.82) is 0 Å². The second-order valence-electron chi connectivity index (χ2n) is 1.48. The SMILES string of the molecule is COc1n[nH]c(C(=O)O)n1. The summed E-state index contributed by atoms with van der Waals surface area (Å²) in [7, 11) is 1.36. The number of nitrogens with zero attached hydrogens (tertiary/aromatic N) is 2. The third-order valence-electron chi connectivity index (χ3n) is 0.850. The largest absolute Gasteiger partial charge is 0.475 e. The van der Waals surface area contributed by atoms with Crippen LogP contribution in [-0.4, -0.2) is 33.4 Å². The van der Waals surface area contributed by atoms with E-state index < -0.39 is 5.97 Å². The summed E-state index contributed by atoms with van der Waals surface area (Å²) in [6.07, 6.45) is 0. The van der Waals surface area contributed by atoms with Crippen molar-refractivity contribution in [2.45, 2.75) is 0 Å². The summed E-state index contributed by atoms with van der Waals surface area (Å²) in [5.41, 5.74) is 0. The maximum atomic E-state index is 10.1. The number of hydrogen-bond acceptors (Lipinski definition) is 4. The number of aromatic carboxylic acids is 1. The number of nitrogens with one attached hydrogen (secondary N) is 1. The number of H-pyrrole nitrogens is 1. The molecule has 1 aromatic heterocycles. The smallest absolute Gasteiger partial charge is 0.373 e. The van der Waals surface area contributed by atoms with E-state index in [9.17, 15) is 4.79 Å². The van der Waals surface area contributed by atoms with E-state index >= 15 is 0 Å². The van der Waals surface area contributed by atoms with Gasteiger partial charge in [0.25, 0.3) is 0 Å². The Morgan fingerprint density at radius 1 is 1.80 bits per heavy atom. The number of hydrogen-bond donors (Lipinski definition) is 2. The van der Waals surface area contributed by atoms with Crippen molar-refractivity contribution in [2.75, 3.05) is 7.11 Å². The van der Waals surface area contributed by atoms with Crippen molar-refractivity contribution in [3.63, 3.8) is 0 Å². The highest BCUT2D eigenvalue weighted by molar-refractivity contribution is 5.82. The van der Waals surface area contributed by atoms with Crippen LogP contribution < -0.4 is 4.74 Å². The molecule has 0 unspecified atom stereocenters. The summed E-state index contributed by atoms with van der Waals surface area (Å²) in [5.74, 6) is -1.38. The molecule has 0 amide bonds. The minimum absolute atomic E-state index is 0.0254. The van der Waals surface area contributed by atoms with Crippen LogP contribution >= 0.6 is 0 Å². The van der Waals surface area contributed by atoms with Crippen LogP contribution in [0.1, 0.15) is 10.6 Å². The van der Waals surface area contributed by atoms with Gasteiger partial charge in [0.2, 0.25) is 5.82 Å². The van der Waals surface area contributed by atoms with Gasteiger partial charge in [-0.1, -0.05) is 0 Å². The summed E-state index contributed by atoms with van der Waals surface area (Å²) >= 11 is 0. The zero-order chi connectivity index (χ0) is 7.56. The molecule has 6 nitrogen and oxygen atoms in total. The van der Waals surface area contributed by atoms with Crippen molar-refractivity contribution >= 4 is 5.97 Å². The van der Waals surface area contributed by atoms with Crippen LogP contribution in [0, 0.1) is 0 Å². The predicted molar refractivity (Wildman–Crippen MR) is 29.9 cm³/mol. The Morgan fingerprint density at radius 2 is 2.50 bits per heavy atom. The van der Waals surface area contributed by atoms with E-state index in [1.54, 1.807) is 0 Å². The molecule has 0 aliphatic carbocycles. The summed E-state index contributed by atoms with van der Waals surface area (Å²) in [6.45, 7) is 0. The molecule has 0 saturated carbocycles. The van der Waals surface area contributed by atoms with Crippen LogP contribution in [0.25, 0.3) is 0 Å². The molecule has 0 atom stereocenters. The molecule has 1 aromatic rings. The lowest BCUT2D eigenvalue weighted by molar-refractivity contribution is 0.0683. The molecule has 1 heterocycles. The Kier molecular flexibility index (Phi) is 1.53. The fraction of sp³-hybridized carbons (Fsp3) is 0.250. The first-order valence-corrected chi connectivity index (χ1v) is 2.43. The molecule has 6 heteroatoms. The molecule has 54 valence electrons. The fourth-order valence-corrected chi connectivity index (χ4v) is 0.433. The minimum Gasteiger partial charge on any atom is -0.475 e. The van der Waals surface area contributed by atoms with Crippen LogP contribution in [-0.2, 0) is 0 Å². The number of ether oxygens (including phenoxy) is 1. The van der Waals surface area contributed by atoms with Crippen LogP contribution in [0.2, 0.25) is 0 Å². The first-order chi connectivity index (χ1) is 4.74. The first-order valence-electron chi connectivity index (χ1n) is 2.43. The zero-order valence-electron chi connectivity index (χ0n) is 5.16. The van der Waals surface area contributed by atoms with Gasteiger partial charge in [-0.25, -0.2) is 4.79 Å². The van der Waals surface area contributed by atoms with Crippen molar-refractivity contribution < 1.29 is 14.6 Å². The number of carbonyl (C=O) groups is 1. The highest BCUT2D eigenvalue weighted by atomic mass is 16.5. The van der Waals surface area contributed by atoms with E-state index in [1.165, 1.54) is 7.11 Å². The Labute approximate surface area is 55.8 Å². The minimum atomic E-state index is -1.16. The molecule has 1 rings (SSSR count). The third-order valence-corrected chi connectivity index (χ3v) is 0.850. The molecule has 2 N–H and O–H groups in total. The van der Waals surface area contributed by atoms with E-state index in [-0.39, 0.29) is 11.8 Å². The fourth-order valence-electron chi connectivity index (χ4n) is 0.433. The maximum absolute atomic E-state index is 10.1. The van der Waals surface area contributed by atoms with E-state index in [0.717, 1.165) is 0 Å². The topological polar surface area (TPSA) is 88.1 Å². The maximum Gasteiger partial charge on any atom is 0.373 e. The Morgan fingerprint density at radius 3 is 2.80 bits per heavy atom. The van der Waals surface area contributed by atoms with Gasteiger partial charge >= 0.3 is 12.0 Å². The second-order valence-corrected chi connectivity index (χ2v) is 1.48. The van der Waals surface area contributed by atoms with Gasteiger partial charge in [-0.2, -0.15) is 4.98 Å². The summed E-state index contributed by atoms with van der Waals surface area (Å²) in [4.78, 5) is 13.6. The average Bonchev–Trinajstić information content (AvgIpc) is 2.34. The number of carboxylic acids is 1. The lowest BCUT2D eigenvalue weighted by Crippen LogP contribution is -1.98. The van der Waals surface area contributed by atoms with Gasteiger partial charge in [0, 0.05) is 0 Å². The van der Waals surface area contributed by atoms with Crippen LogP contribution in [0.4, 0.5) is 0 Å². The van der Waals surface area contributed by atoms with Crippen LogP contribution in [0.15, 0.2) is 0 Å². The quantitative estimate of drug-likeness (QED) is 0.583. The number of carboxylic acid groups (broad SMARTS) is 1. The van der Waals surface area contributed by atoms with Gasteiger partial charge < -0.3 is 9.84 Å². The van der Waals surface area contributed by atoms with Crippen LogP contribution in [0.3, 0.4) is 0 Å². The number of methoxy groups -OCH3 is 1. The van der Waals surface area contributed by atoms with Gasteiger partial charge in [0.1, 0.15) is 0 Å². The molecule has 10 heavy (non-hydrogen) atoms. The lowest BCUT2D eigenvalue weighted by Gasteiger charge is -1.83. The number of aromatic amines is 1. The number of aromatic nitrogens is 3. The Bertz CT molecular complexity index is 244. The van der Waals surface area contributed by atoms with E-state index in [2.05, 4.69) is 19.9 Å². The highest BCUT2D eigenvalue weighted by Crippen LogP contribution is 1.98. The van der Waals surface area contributed by atoms with E-state index in [0.29, 0.717) is 0 Å². The molecule has 0 aliphatic rings. The van der Waals surface area contributed by atoms with Gasteiger partial charge in [-0.3, -0.25) is 5.10 Å². The van der Waals surface area contributed by atoms with Crippen molar-refractivity contribution in [2.24, 2.45) is 0 Å². The molecular weight excluding hydrogens is 138 g/mol. The standard InChI is InChI=1S/C4H5N3O3/c1-10-4-5-2(3(8)9)6-7-4/h1H3,(H,8,9)(H,5,6,7). The molecule has 0 aromatic carbocycles. The molecular formula is C4H5N3O3. The second kappa shape index (κ2) is 2.34. The van der Waals surface area contributed by atoms with Gasteiger partial charge in [-0.05, 0) is 0 Å². The van der Waals surface area contributed by atoms with E-state index in [1.807, 2.05) is 0 Å². The van der Waals surface area contributed by atoms with Gasteiger partial charge in [0.05, 0.1) is 7.11 Å². The average molecular weight is 143 g/mol. The summed E-state index contributed by atoms with van der Waals surface area (Å²) in [5, 5.41) is 13.9. The molecule has 0 radical (unpaired) electrons. The highest BCUT2D eigenvalue weighted by Gasteiger charge is 2.08. The van der Waals surface area contributed by atoms with Crippen molar-refractivity contribution in [1.82, 2.24) is 15.2 Å². The molecule has 0 fully saturated rings. The molecule has 0 spiro atoms. The van der Waals surface area contributed by atoms with E-state index in [4.69, 9.17) is 5.11 Å². The van der Waals surface area contributed by atoms with Gasteiger partial charge in [0.15, 0.2) is 0 Å². The molecule has 0 aliphatic heterocycles. The first kappa shape index (κ1) is 6.53. The normalized spacial score (nSPS) is 9.30. The Hall–Kier alpha value is -1.59. The molecule has 0 bridgehead atoms. The summed E-state index contributed by atoms with van der Waals surface area (Å²) < 4.78 is 4.53. The lowest BCUT2D eigenvalue weighted by atomic mass is 10.6. The Balaban J connectivity index is 2.88. The monoisotopic (exact) mass is 143 g/mol. The van der Waals surface area contributed by atoms with Crippen LogP contribution in [0.5, 0.6) is 6.01 Å². The number of rotatable bonds is 2. The van der Waals surface area contributed by atoms with Crippen molar-refractivity contribution in [3.8, 4) is 6.01 Å². The molecule has 0 saturated heterocycles. The van der Waals surface area contributed by atoms with Crippen molar-refractivity contribution in [3.05, 3.63) is 5.82 Å². The zero-order valence-corrected chi connectivity index (χ0v) is 5.16. The predicted octanol–water partition coefficient (Wildman–Crippen LogP) is -0.489. The van der Waals surface area contributed by atoms with Gasteiger partial charge in [-0.15, -0.1) is 5.10 Å².